The van der Waals surface area contributed by atoms with Gasteiger partial charge in [0.2, 0.25) is 0 Å². The second kappa shape index (κ2) is 7.25. The summed E-state index contributed by atoms with van der Waals surface area (Å²) in [5.41, 5.74) is -1.09. The minimum Gasteiger partial charge on any atom is -0.497 e. The molecule has 0 aliphatic rings. The number of hydrogen-bond donors (Lipinski definition) is 1. The number of nitrogens with zero attached hydrogens (tertiary/aromatic N) is 2. The molecule has 1 N–H and O–H groups in total. The Balaban J connectivity index is 2.39. The van der Waals surface area contributed by atoms with Gasteiger partial charge in [-0.3, -0.25) is 25.0 Å². The van der Waals surface area contributed by atoms with Crippen molar-refractivity contribution in [3.63, 3.8) is 0 Å². The standard InChI is InChI=1S/C15H13N3O7/c1-24-11-5-3-9(4-6-11)15(19)16-10-7-12(17(20)21)14(25-2)13(8-10)18(22)23/h3-8H,1-2H3,(H,16,19). The smallest absolute Gasteiger partial charge is 0.320 e. The number of nitrogens with one attached hydrogen (secondary N) is 1. The van der Waals surface area contributed by atoms with Gasteiger partial charge in [-0.2, -0.15) is 0 Å². The first-order chi connectivity index (χ1) is 11.9. The van der Waals surface area contributed by atoms with E-state index in [0.717, 1.165) is 19.2 Å². The molecule has 0 radical (unpaired) electrons. The van der Waals surface area contributed by atoms with Crippen LogP contribution in [0.15, 0.2) is 36.4 Å². The summed E-state index contributed by atoms with van der Waals surface area (Å²) in [5, 5.41) is 24.6. The highest BCUT2D eigenvalue weighted by Crippen LogP contribution is 2.39. The van der Waals surface area contributed by atoms with E-state index in [1.54, 1.807) is 12.1 Å². The summed E-state index contributed by atoms with van der Waals surface area (Å²) in [6.07, 6.45) is 0. The molecule has 0 bridgehead atoms. The van der Waals surface area contributed by atoms with Crippen LogP contribution in [0.2, 0.25) is 0 Å². The van der Waals surface area contributed by atoms with Crippen LogP contribution in [-0.4, -0.2) is 30.0 Å². The minimum atomic E-state index is -0.825. The van der Waals surface area contributed by atoms with Gasteiger partial charge in [-0.25, -0.2) is 0 Å². The topological polar surface area (TPSA) is 134 Å². The number of benzene rings is 2. The lowest BCUT2D eigenvalue weighted by Crippen LogP contribution is -2.12. The van der Waals surface area contributed by atoms with Crippen LogP contribution in [0.3, 0.4) is 0 Å². The lowest BCUT2D eigenvalue weighted by atomic mass is 10.2. The van der Waals surface area contributed by atoms with Gasteiger partial charge in [0, 0.05) is 17.7 Å². The molecule has 25 heavy (non-hydrogen) atoms. The predicted octanol–water partition coefficient (Wildman–Crippen LogP) is 2.77. The first kappa shape index (κ1) is 17.7. The van der Waals surface area contributed by atoms with E-state index in [-0.39, 0.29) is 11.3 Å². The van der Waals surface area contributed by atoms with Crippen LogP contribution in [0.25, 0.3) is 0 Å². The zero-order chi connectivity index (χ0) is 18.6. The molecule has 2 aromatic rings. The molecule has 2 rings (SSSR count). The summed E-state index contributed by atoms with van der Waals surface area (Å²) < 4.78 is 9.74. The normalized spacial score (nSPS) is 10.0. The summed E-state index contributed by atoms with van der Waals surface area (Å²) in [4.78, 5) is 32.8. The molecule has 0 aromatic heterocycles. The molecule has 2 aromatic carbocycles. The SMILES string of the molecule is COc1ccc(C(=O)Nc2cc([N+](=O)[O-])c(OC)c([N+](=O)[O-])c2)cc1. The van der Waals surface area contributed by atoms with Crippen molar-refractivity contribution in [1.82, 2.24) is 0 Å². The monoisotopic (exact) mass is 347 g/mol. The minimum absolute atomic E-state index is 0.0972. The number of nitro groups is 2. The molecule has 130 valence electrons. The average molecular weight is 347 g/mol. The first-order valence-electron chi connectivity index (χ1n) is 6.83. The maximum Gasteiger partial charge on any atom is 0.320 e. The molecule has 10 heteroatoms. The van der Waals surface area contributed by atoms with Gasteiger partial charge in [0.25, 0.3) is 11.7 Å². The van der Waals surface area contributed by atoms with Crippen molar-refractivity contribution >= 4 is 23.0 Å². The van der Waals surface area contributed by atoms with Gasteiger partial charge in [0.1, 0.15) is 5.75 Å². The summed E-state index contributed by atoms with van der Waals surface area (Å²) >= 11 is 0. The van der Waals surface area contributed by atoms with Gasteiger partial charge in [-0.15, -0.1) is 0 Å². The zero-order valence-electron chi connectivity index (χ0n) is 13.2. The number of anilines is 1. The third-order valence-electron chi connectivity index (χ3n) is 3.26. The van der Waals surface area contributed by atoms with Gasteiger partial charge in [-0.1, -0.05) is 0 Å². The number of ether oxygens (including phenoxy) is 2. The molecule has 0 heterocycles. The number of hydrogen-bond acceptors (Lipinski definition) is 7. The molecule has 0 spiro atoms. The fourth-order valence-corrected chi connectivity index (χ4v) is 2.10. The summed E-state index contributed by atoms with van der Waals surface area (Å²) in [5.74, 6) is -0.527. The van der Waals surface area contributed by atoms with E-state index >= 15 is 0 Å². The van der Waals surface area contributed by atoms with Crippen molar-refractivity contribution in [1.29, 1.82) is 0 Å². The van der Waals surface area contributed by atoms with E-state index in [1.165, 1.54) is 19.2 Å². The van der Waals surface area contributed by atoms with Crippen LogP contribution in [0.1, 0.15) is 10.4 Å². The van der Waals surface area contributed by atoms with Crippen LogP contribution in [0.4, 0.5) is 17.1 Å². The number of carbonyl (C=O) groups excluding carboxylic acids is 1. The van der Waals surface area contributed by atoms with Crippen molar-refractivity contribution in [3.8, 4) is 11.5 Å². The Morgan fingerprint density at radius 1 is 0.960 bits per heavy atom. The highest BCUT2D eigenvalue weighted by atomic mass is 16.6. The van der Waals surface area contributed by atoms with Crippen LogP contribution < -0.4 is 14.8 Å². The maximum atomic E-state index is 12.2. The Labute approximate surface area is 141 Å². The molecule has 0 atom stereocenters. The van der Waals surface area contributed by atoms with Crippen LogP contribution in [0.5, 0.6) is 11.5 Å². The van der Waals surface area contributed by atoms with E-state index in [4.69, 9.17) is 9.47 Å². The molecule has 0 aliphatic heterocycles. The Morgan fingerprint density at radius 3 is 1.88 bits per heavy atom. The van der Waals surface area contributed by atoms with Gasteiger partial charge in [0.15, 0.2) is 0 Å². The first-order valence-corrected chi connectivity index (χ1v) is 6.83. The van der Waals surface area contributed by atoms with Gasteiger partial charge in [0.05, 0.1) is 29.8 Å². The van der Waals surface area contributed by atoms with Crippen LogP contribution >= 0.6 is 0 Å². The molecule has 0 saturated carbocycles. The zero-order valence-corrected chi connectivity index (χ0v) is 13.2. The molecule has 10 nitrogen and oxygen atoms in total. The largest absolute Gasteiger partial charge is 0.497 e. The molecule has 0 aliphatic carbocycles. The van der Waals surface area contributed by atoms with Crippen LogP contribution in [-0.2, 0) is 0 Å². The summed E-state index contributed by atoms with van der Waals surface area (Å²) in [7, 11) is 2.57. The predicted molar refractivity (Wildman–Crippen MR) is 87.2 cm³/mol. The van der Waals surface area contributed by atoms with E-state index < -0.39 is 32.9 Å². The van der Waals surface area contributed by atoms with Gasteiger partial charge < -0.3 is 14.8 Å². The summed E-state index contributed by atoms with van der Waals surface area (Å²) in [6, 6.07) is 8.09. The number of carbonyl (C=O) groups is 1. The van der Waals surface area contributed by atoms with E-state index in [2.05, 4.69) is 5.32 Å². The average Bonchev–Trinajstić information content (AvgIpc) is 2.60. The second-order valence-corrected chi connectivity index (χ2v) is 4.74. The molecule has 1 amide bonds. The summed E-state index contributed by atoms with van der Waals surface area (Å²) in [6.45, 7) is 0. The van der Waals surface area contributed by atoms with E-state index in [9.17, 15) is 25.0 Å². The van der Waals surface area contributed by atoms with Crippen molar-refractivity contribution < 1.29 is 24.1 Å². The fraction of sp³-hybridized carbons (Fsp3) is 0.133. The van der Waals surface area contributed by atoms with Crippen molar-refractivity contribution in [3.05, 3.63) is 62.2 Å². The van der Waals surface area contributed by atoms with E-state index in [1.807, 2.05) is 0 Å². The molecular formula is C15H13N3O7. The number of amides is 1. The fourth-order valence-electron chi connectivity index (χ4n) is 2.10. The number of methoxy groups -OCH3 is 2. The van der Waals surface area contributed by atoms with Gasteiger partial charge in [-0.05, 0) is 24.3 Å². The molecular weight excluding hydrogens is 334 g/mol. The maximum absolute atomic E-state index is 12.2. The Bertz CT molecular complexity index is 799. The van der Waals surface area contributed by atoms with Gasteiger partial charge >= 0.3 is 11.4 Å². The molecule has 0 saturated heterocycles. The van der Waals surface area contributed by atoms with Crippen molar-refractivity contribution in [2.45, 2.75) is 0 Å². The number of rotatable bonds is 6. The van der Waals surface area contributed by atoms with Crippen molar-refractivity contribution in [2.75, 3.05) is 19.5 Å². The lowest BCUT2D eigenvalue weighted by molar-refractivity contribution is -0.395. The third kappa shape index (κ3) is 3.80. The Morgan fingerprint density at radius 2 is 1.48 bits per heavy atom. The third-order valence-corrected chi connectivity index (χ3v) is 3.26. The van der Waals surface area contributed by atoms with Crippen molar-refractivity contribution in [2.24, 2.45) is 0 Å². The Kier molecular flexibility index (Phi) is 5.12. The van der Waals surface area contributed by atoms with Crippen LogP contribution in [0, 0.1) is 20.2 Å². The Hall–Kier alpha value is -3.69. The lowest BCUT2D eigenvalue weighted by Gasteiger charge is -2.08. The molecule has 0 unspecified atom stereocenters. The highest BCUT2D eigenvalue weighted by Gasteiger charge is 2.28. The number of nitro benzene ring substituents is 2. The quantitative estimate of drug-likeness (QED) is 0.627. The second-order valence-electron chi connectivity index (χ2n) is 4.74. The molecule has 0 fully saturated rings. The highest BCUT2D eigenvalue weighted by molar-refractivity contribution is 6.04. The van der Waals surface area contributed by atoms with E-state index in [0.29, 0.717) is 5.75 Å².